The van der Waals surface area contributed by atoms with Crippen LogP contribution in [0.25, 0.3) is 27.8 Å². The molecule has 0 atom stereocenters. The summed E-state index contributed by atoms with van der Waals surface area (Å²) < 4.78 is 7.79. The molecule has 5 rings (SSSR count). The summed E-state index contributed by atoms with van der Waals surface area (Å²) in [5.74, 6) is 1.66. The lowest BCUT2D eigenvalue weighted by Gasteiger charge is -2.32. The second-order valence-corrected chi connectivity index (χ2v) is 8.10. The van der Waals surface area contributed by atoms with Crippen molar-refractivity contribution in [3.63, 3.8) is 0 Å². The van der Waals surface area contributed by atoms with Crippen molar-refractivity contribution < 1.29 is 4.74 Å². The zero-order valence-corrected chi connectivity index (χ0v) is 17.6. The fourth-order valence-electron chi connectivity index (χ4n) is 4.19. The number of ether oxygens (including phenoxy) is 1. The Morgan fingerprint density at radius 1 is 1.06 bits per heavy atom. The van der Waals surface area contributed by atoms with Crippen LogP contribution in [0.5, 0.6) is 5.75 Å². The number of nitrogens with two attached hydrogens (primary N) is 2. The second kappa shape index (κ2) is 8.53. The standard InChI is InChI=1S/C24H28N6O/c25-11-2-14-31-19-6-7-21-20(15-19)27-16-30(21)23-8-5-17-3-1-4-22(24(17)28-23)29-12-9-18(26)10-13-29/h1,3-8,15-16,18H,2,9-14,25-26H2. The molecule has 0 aliphatic carbocycles. The molecule has 1 fully saturated rings. The number of benzene rings is 2. The number of aromatic nitrogens is 3. The number of pyridine rings is 1. The smallest absolute Gasteiger partial charge is 0.139 e. The van der Waals surface area contributed by atoms with Crippen LogP contribution >= 0.6 is 0 Å². The predicted octanol–water partition coefficient (Wildman–Crippen LogP) is 3.23. The van der Waals surface area contributed by atoms with Crippen LogP contribution in [0.4, 0.5) is 5.69 Å². The molecule has 0 spiro atoms. The van der Waals surface area contributed by atoms with E-state index in [1.165, 1.54) is 5.69 Å². The van der Waals surface area contributed by atoms with Crippen LogP contribution in [0.3, 0.4) is 0 Å². The first-order valence-corrected chi connectivity index (χ1v) is 10.9. The molecule has 7 nitrogen and oxygen atoms in total. The van der Waals surface area contributed by atoms with Gasteiger partial charge in [-0.2, -0.15) is 0 Å². The van der Waals surface area contributed by atoms with Crippen molar-refractivity contribution in [3.8, 4) is 11.6 Å². The average Bonchev–Trinajstić information content (AvgIpc) is 3.22. The molecule has 4 aromatic rings. The van der Waals surface area contributed by atoms with E-state index < -0.39 is 0 Å². The van der Waals surface area contributed by atoms with Crippen LogP contribution in [-0.2, 0) is 0 Å². The lowest BCUT2D eigenvalue weighted by Crippen LogP contribution is -2.39. The van der Waals surface area contributed by atoms with E-state index in [9.17, 15) is 0 Å². The minimum absolute atomic E-state index is 0.302. The summed E-state index contributed by atoms with van der Waals surface area (Å²) in [6, 6.07) is 16.8. The van der Waals surface area contributed by atoms with E-state index in [-0.39, 0.29) is 0 Å². The first-order valence-electron chi connectivity index (χ1n) is 10.9. The normalized spacial score (nSPS) is 15.1. The summed E-state index contributed by atoms with van der Waals surface area (Å²) >= 11 is 0. The number of hydrogen-bond donors (Lipinski definition) is 2. The molecule has 0 radical (unpaired) electrons. The first kappa shape index (κ1) is 19.8. The van der Waals surface area contributed by atoms with Crippen LogP contribution < -0.4 is 21.1 Å². The molecule has 1 aliphatic heterocycles. The van der Waals surface area contributed by atoms with Crippen LogP contribution in [0.2, 0.25) is 0 Å². The zero-order valence-electron chi connectivity index (χ0n) is 17.6. The molecule has 2 aromatic heterocycles. The Labute approximate surface area is 181 Å². The molecule has 1 aliphatic rings. The molecule has 0 saturated carbocycles. The molecule has 0 unspecified atom stereocenters. The van der Waals surface area contributed by atoms with E-state index in [1.54, 1.807) is 0 Å². The molecule has 3 heterocycles. The molecule has 31 heavy (non-hydrogen) atoms. The number of anilines is 1. The van der Waals surface area contributed by atoms with E-state index in [4.69, 9.17) is 21.2 Å². The van der Waals surface area contributed by atoms with Gasteiger partial charge in [-0.15, -0.1) is 0 Å². The van der Waals surface area contributed by atoms with Crippen molar-refractivity contribution in [3.05, 3.63) is 54.9 Å². The second-order valence-electron chi connectivity index (χ2n) is 8.10. The lowest BCUT2D eigenvalue weighted by molar-refractivity contribution is 0.314. The fraction of sp³-hybridized carbons (Fsp3) is 0.333. The maximum absolute atomic E-state index is 6.11. The van der Waals surface area contributed by atoms with Gasteiger partial charge in [0.05, 0.1) is 28.8 Å². The van der Waals surface area contributed by atoms with Gasteiger partial charge in [-0.3, -0.25) is 4.57 Å². The molecule has 4 N–H and O–H groups in total. The molecule has 160 valence electrons. The van der Waals surface area contributed by atoms with E-state index in [2.05, 4.69) is 34.1 Å². The Bertz CT molecular complexity index is 1200. The van der Waals surface area contributed by atoms with E-state index >= 15 is 0 Å². The number of fused-ring (bicyclic) bond motifs is 2. The van der Waals surface area contributed by atoms with Gasteiger partial charge in [-0.25, -0.2) is 9.97 Å². The Morgan fingerprint density at radius 3 is 2.77 bits per heavy atom. The third-order valence-electron chi connectivity index (χ3n) is 5.95. The van der Waals surface area contributed by atoms with Crippen molar-refractivity contribution in [1.82, 2.24) is 14.5 Å². The number of rotatable bonds is 6. The highest BCUT2D eigenvalue weighted by Crippen LogP contribution is 2.29. The summed E-state index contributed by atoms with van der Waals surface area (Å²) in [6.07, 6.45) is 4.68. The van der Waals surface area contributed by atoms with Crippen LogP contribution in [-0.4, -0.2) is 46.8 Å². The number of nitrogens with zero attached hydrogens (tertiary/aromatic N) is 4. The highest BCUT2D eigenvalue weighted by Gasteiger charge is 2.19. The Kier molecular flexibility index (Phi) is 5.44. The Balaban J connectivity index is 1.50. The van der Waals surface area contributed by atoms with Gasteiger partial charge in [0.2, 0.25) is 0 Å². The van der Waals surface area contributed by atoms with Gasteiger partial charge >= 0.3 is 0 Å². The molecule has 0 bridgehead atoms. The lowest BCUT2D eigenvalue weighted by atomic mass is 10.0. The van der Waals surface area contributed by atoms with Crippen molar-refractivity contribution in [2.45, 2.75) is 25.3 Å². The fourth-order valence-corrected chi connectivity index (χ4v) is 4.19. The van der Waals surface area contributed by atoms with Crippen LogP contribution in [0.15, 0.2) is 54.9 Å². The first-order chi connectivity index (χ1) is 15.2. The molecule has 7 heteroatoms. The minimum Gasteiger partial charge on any atom is -0.493 e. The van der Waals surface area contributed by atoms with Crippen LogP contribution in [0, 0.1) is 0 Å². The van der Waals surface area contributed by atoms with Gasteiger partial charge in [-0.05, 0) is 56.1 Å². The Morgan fingerprint density at radius 2 is 1.94 bits per heavy atom. The summed E-state index contributed by atoms with van der Waals surface area (Å²) in [4.78, 5) is 12.0. The molecule has 1 saturated heterocycles. The molecule has 2 aromatic carbocycles. The van der Waals surface area contributed by atoms with E-state index in [1.807, 2.05) is 35.2 Å². The minimum atomic E-state index is 0.302. The van der Waals surface area contributed by atoms with Gasteiger partial charge in [-0.1, -0.05) is 12.1 Å². The average molecular weight is 417 g/mol. The third-order valence-corrected chi connectivity index (χ3v) is 5.95. The zero-order chi connectivity index (χ0) is 21.2. The van der Waals surface area contributed by atoms with Gasteiger partial charge < -0.3 is 21.1 Å². The summed E-state index contributed by atoms with van der Waals surface area (Å²) in [7, 11) is 0. The van der Waals surface area contributed by atoms with Gasteiger partial charge in [0.1, 0.15) is 17.9 Å². The number of imidazole rings is 1. The Hall–Kier alpha value is -3.16. The number of hydrogen-bond acceptors (Lipinski definition) is 6. The van der Waals surface area contributed by atoms with Gasteiger partial charge in [0.25, 0.3) is 0 Å². The molecular formula is C24H28N6O. The van der Waals surface area contributed by atoms with Crippen molar-refractivity contribution >= 4 is 27.6 Å². The largest absolute Gasteiger partial charge is 0.493 e. The molecular weight excluding hydrogens is 388 g/mol. The van der Waals surface area contributed by atoms with Gasteiger partial charge in [0, 0.05) is 30.6 Å². The highest BCUT2D eigenvalue weighted by molar-refractivity contribution is 5.92. The number of piperidine rings is 1. The van der Waals surface area contributed by atoms with E-state index in [0.29, 0.717) is 19.2 Å². The monoisotopic (exact) mass is 416 g/mol. The predicted molar refractivity (Wildman–Crippen MR) is 125 cm³/mol. The molecule has 0 amide bonds. The van der Waals surface area contributed by atoms with Crippen molar-refractivity contribution in [2.75, 3.05) is 31.1 Å². The summed E-state index contributed by atoms with van der Waals surface area (Å²) in [5.41, 5.74) is 15.7. The number of para-hydroxylation sites is 1. The van der Waals surface area contributed by atoms with Gasteiger partial charge in [0.15, 0.2) is 0 Å². The van der Waals surface area contributed by atoms with Crippen LogP contribution in [0.1, 0.15) is 19.3 Å². The van der Waals surface area contributed by atoms with Crippen molar-refractivity contribution in [2.24, 2.45) is 11.5 Å². The topological polar surface area (TPSA) is 95.2 Å². The maximum Gasteiger partial charge on any atom is 0.139 e. The maximum atomic E-state index is 6.11. The van der Waals surface area contributed by atoms with E-state index in [0.717, 1.165) is 65.9 Å². The summed E-state index contributed by atoms with van der Waals surface area (Å²) in [6.45, 7) is 3.16. The quantitative estimate of drug-likeness (QED) is 0.469. The SMILES string of the molecule is NCCCOc1ccc2c(c1)ncn2-c1ccc2cccc(N3CCC(N)CC3)c2n1. The van der Waals surface area contributed by atoms with Crippen molar-refractivity contribution in [1.29, 1.82) is 0 Å². The third kappa shape index (κ3) is 3.94. The summed E-state index contributed by atoms with van der Waals surface area (Å²) in [5, 5.41) is 1.14. The highest BCUT2D eigenvalue weighted by atomic mass is 16.5.